The van der Waals surface area contributed by atoms with Crippen LogP contribution in [0.3, 0.4) is 0 Å². The predicted octanol–water partition coefficient (Wildman–Crippen LogP) is 3.42. The number of nitrogens with zero attached hydrogens (tertiary/aromatic N) is 2. The molecule has 1 N–H and O–H groups in total. The zero-order valence-electron chi connectivity index (χ0n) is 12.3. The molecule has 0 bridgehead atoms. The fourth-order valence-electron chi connectivity index (χ4n) is 2.65. The molecule has 0 radical (unpaired) electrons. The Bertz CT molecular complexity index is 408. The van der Waals surface area contributed by atoms with E-state index >= 15 is 0 Å². The Morgan fingerprint density at radius 1 is 1.37 bits per heavy atom. The van der Waals surface area contributed by atoms with Gasteiger partial charge in [-0.2, -0.15) is 4.98 Å². The third-order valence-corrected chi connectivity index (χ3v) is 3.64. The molecule has 106 valence electrons. The molecule has 0 amide bonds. The zero-order chi connectivity index (χ0) is 13.7. The van der Waals surface area contributed by atoms with Crippen LogP contribution in [0.1, 0.15) is 45.2 Å². The van der Waals surface area contributed by atoms with Crippen LogP contribution < -0.4 is 10.1 Å². The second kappa shape index (κ2) is 6.73. The van der Waals surface area contributed by atoms with Gasteiger partial charge in [-0.15, -0.1) is 0 Å². The van der Waals surface area contributed by atoms with Crippen molar-refractivity contribution in [3.63, 3.8) is 0 Å². The zero-order valence-corrected chi connectivity index (χ0v) is 12.3. The summed E-state index contributed by atoms with van der Waals surface area (Å²) < 4.78 is 5.57. The van der Waals surface area contributed by atoms with E-state index in [1.54, 1.807) is 0 Å². The van der Waals surface area contributed by atoms with Crippen LogP contribution in [-0.4, -0.2) is 23.1 Å². The minimum atomic E-state index is 0.677. The summed E-state index contributed by atoms with van der Waals surface area (Å²) in [6.45, 7) is 8.08. The van der Waals surface area contributed by atoms with Crippen LogP contribution in [0.15, 0.2) is 6.07 Å². The van der Waals surface area contributed by atoms with E-state index in [2.05, 4.69) is 29.1 Å². The first-order valence-corrected chi connectivity index (χ1v) is 7.39. The molecule has 1 heterocycles. The van der Waals surface area contributed by atoms with Gasteiger partial charge in [0, 0.05) is 18.3 Å². The molecule has 4 nitrogen and oxygen atoms in total. The first-order valence-electron chi connectivity index (χ1n) is 7.39. The molecule has 1 saturated carbocycles. The molecule has 1 aliphatic rings. The molecule has 1 fully saturated rings. The van der Waals surface area contributed by atoms with Crippen molar-refractivity contribution in [3.8, 4) is 5.88 Å². The van der Waals surface area contributed by atoms with Crippen molar-refractivity contribution in [1.82, 2.24) is 9.97 Å². The molecule has 2 unspecified atom stereocenters. The fourth-order valence-corrected chi connectivity index (χ4v) is 2.65. The molecule has 1 aliphatic carbocycles. The van der Waals surface area contributed by atoms with Crippen molar-refractivity contribution >= 4 is 5.95 Å². The van der Waals surface area contributed by atoms with Crippen LogP contribution in [0.4, 0.5) is 5.95 Å². The summed E-state index contributed by atoms with van der Waals surface area (Å²) in [4.78, 5) is 8.83. The first kappa shape index (κ1) is 14.1. The summed E-state index contributed by atoms with van der Waals surface area (Å²) in [6, 6.07) is 1.89. The highest BCUT2D eigenvalue weighted by Crippen LogP contribution is 2.30. The van der Waals surface area contributed by atoms with E-state index in [1.165, 1.54) is 19.3 Å². The van der Waals surface area contributed by atoms with Crippen molar-refractivity contribution in [2.45, 2.75) is 46.5 Å². The molecule has 0 aromatic carbocycles. The smallest absolute Gasteiger partial charge is 0.226 e. The third-order valence-electron chi connectivity index (χ3n) is 3.64. The third kappa shape index (κ3) is 4.37. The maximum Gasteiger partial charge on any atom is 0.226 e. The first-order chi connectivity index (χ1) is 9.17. The normalized spacial score (nSPS) is 22.5. The van der Waals surface area contributed by atoms with Gasteiger partial charge in [-0.25, -0.2) is 4.98 Å². The topological polar surface area (TPSA) is 47.0 Å². The van der Waals surface area contributed by atoms with Crippen LogP contribution in [0.25, 0.3) is 0 Å². The molecule has 0 aliphatic heterocycles. The van der Waals surface area contributed by atoms with Gasteiger partial charge in [0.1, 0.15) is 0 Å². The monoisotopic (exact) mass is 263 g/mol. The van der Waals surface area contributed by atoms with Crippen molar-refractivity contribution in [3.05, 3.63) is 11.8 Å². The predicted molar refractivity (Wildman–Crippen MR) is 77.5 cm³/mol. The molecule has 0 saturated heterocycles. The van der Waals surface area contributed by atoms with Crippen LogP contribution in [0.2, 0.25) is 0 Å². The van der Waals surface area contributed by atoms with Gasteiger partial charge in [0.2, 0.25) is 11.8 Å². The Morgan fingerprint density at radius 2 is 2.21 bits per heavy atom. The number of hydrogen-bond donors (Lipinski definition) is 1. The number of nitrogens with one attached hydrogen (secondary N) is 1. The van der Waals surface area contributed by atoms with Gasteiger partial charge in [0.05, 0.1) is 6.61 Å². The summed E-state index contributed by atoms with van der Waals surface area (Å²) in [5.74, 6) is 3.01. The summed E-state index contributed by atoms with van der Waals surface area (Å²) in [5.41, 5.74) is 0.948. The van der Waals surface area contributed by atoms with Crippen molar-refractivity contribution < 1.29 is 4.74 Å². The Balaban J connectivity index is 1.90. The molecular weight excluding hydrogens is 238 g/mol. The molecule has 19 heavy (non-hydrogen) atoms. The summed E-state index contributed by atoms with van der Waals surface area (Å²) in [7, 11) is 0. The maximum absolute atomic E-state index is 5.57. The Morgan fingerprint density at radius 3 is 2.89 bits per heavy atom. The van der Waals surface area contributed by atoms with Crippen molar-refractivity contribution in [2.24, 2.45) is 11.8 Å². The Hall–Kier alpha value is -1.32. The standard InChI is InChI=1S/C15H25N3O/c1-4-7-19-14-9-12(3)17-15(18-14)16-10-13-6-5-11(2)8-13/h9,11,13H,4-8,10H2,1-3H3,(H,16,17,18). The molecule has 0 spiro atoms. The van der Waals surface area contributed by atoms with Gasteiger partial charge < -0.3 is 10.1 Å². The number of aromatic nitrogens is 2. The van der Waals surface area contributed by atoms with E-state index in [-0.39, 0.29) is 0 Å². The van der Waals surface area contributed by atoms with Gasteiger partial charge in [0.15, 0.2) is 0 Å². The number of hydrogen-bond acceptors (Lipinski definition) is 4. The van der Waals surface area contributed by atoms with Crippen LogP contribution >= 0.6 is 0 Å². The van der Waals surface area contributed by atoms with E-state index < -0.39 is 0 Å². The molecule has 4 heteroatoms. The average molecular weight is 263 g/mol. The SMILES string of the molecule is CCCOc1cc(C)nc(NCC2CCC(C)C2)n1. The average Bonchev–Trinajstić information content (AvgIpc) is 2.79. The van der Waals surface area contributed by atoms with Gasteiger partial charge in [-0.1, -0.05) is 20.3 Å². The van der Waals surface area contributed by atoms with Gasteiger partial charge in [-0.05, 0) is 38.0 Å². The Labute approximate surface area is 116 Å². The minimum absolute atomic E-state index is 0.677. The van der Waals surface area contributed by atoms with E-state index in [9.17, 15) is 0 Å². The van der Waals surface area contributed by atoms with Gasteiger partial charge >= 0.3 is 0 Å². The summed E-state index contributed by atoms with van der Waals surface area (Å²) in [5, 5.41) is 3.36. The van der Waals surface area contributed by atoms with E-state index in [0.29, 0.717) is 18.4 Å². The van der Waals surface area contributed by atoms with Crippen molar-refractivity contribution in [1.29, 1.82) is 0 Å². The number of aryl methyl sites for hydroxylation is 1. The number of ether oxygens (including phenoxy) is 1. The highest BCUT2D eigenvalue weighted by Gasteiger charge is 2.21. The number of rotatable bonds is 6. The molecule has 1 aromatic rings. The summed E-state index contributed by atoms with van der Waals surface area (Å²) >= 11 is 0. The quantitative estimate of drug-likeness (QED) is 0.854. The lowest BCUT2D eigenvalue weighted by Crippen LogP contribution is -2.14. The van der Waals surface area contributed by atoms with Crippen molar-refractivity contribution in [2.75, 3.05) is 18.5 Å². The molecule has 1 aromatic heterocycles. The lowest BCUT2D eigenvalue weighted by Gasteiger charge is -2.12. The molecular formula is C15H25N3O. The molecule has 2 atom stereocenters. The molecule has 2 rings (SSSR count). The lowest BCUT2D eigenvalue weighted by molar-refractivity contribution is 0.305. The van der Waals surface area contributed by atoms with E-state index in [1.807, 2.05) is 13.0 Å². The van der Waals surface area contributed by atoms with Gasteiger partial charge in [0.25, 0.3) is 0 Å². The fraction of sp³-hybridized carbons (Fsp3) is 0.733. The highest BCUT2D eigenvalue weighted by molar-refractivity contribution is 5.30. The minimum Gasteiger partial charge on any atom is -0.478 e. The second-order valence-corrected chi connectivity index (χ2v) is 5.68. The maximum atomic E-state index is 5.57. The van der Waals surface area contributed by atoms with E-state index in [4.69, 9.17) is 4.74 Å². The highest BCUT2D eigenvalue weighted by atomic mass is 16.5. The van der Waals surface area contributed by atoms with Crippen LogP contribution in [0.5, 0.6) is 5.88 Å². The van der Waals surface area contributed by atoms with E-state index in [0.717, 1.165) is 30.5 Å². The van der Waals surface area contributed by atoms with Crippen LogP contribution in [-0.2, 0) is 0 Å². The summed E-state index contributed by atoms with van der Waals surface area (Å²) in [6.07, 6.45) is 4.98. The largest absolute Gasteiger partial charge is 0.478 e. The second-order valence-electron chi connectivity index (χ2n) is 5.68. The lowest BCUT2D eigenvalue weighted by atomic mass is 10.1. The van der Waals surface area contributed by atoms with Gasteiger partial charge in [-0.3, -0.25) is 0 Å². The number of anilines is 1. The van der Waals surface area contributed by atoms with Crippen LogP contribution in [0, 0.1) is 18.8 Å². The Kier molecular flexibility index (Phi) is 5.00.